The van der Waals surface area contributed by atoms with Crippen molar-refractivity contribution in [1.82, 2.24) is 0 Å². The van der Waals surface area contributed by atoms with Crippen molar-refractivity contribution >= 4 is 7.69 Å². The molecule has 0 aromatic carbocycles. The molecule has 16 heavy (non-hydrogen) atoms. The number of hydrogen-bond donors (Lipinski definition) is 3. The molecule has 98 valence electrons. The van der Waals surface area contributed by atoms with Crippen LogP contribution in [-0.2, 0) is 4.65 Å². The summed E-state index contributed by atoms with van der Waals surface area (Å²) in [5.41, 5.74) is -2.01. The maximum absolute atomic E-state index is 11.2. The van der Waals surface area contributed by atoms with Crippen LogP contribution in [0.3, 0.4) is 0 Å². The Labute approximate surface area is 95.5 Å². The second kappa shape index (κ2) is 7.94. The van der Waals surface area contributed by atoms with E-state index < -0.39 is 25.3 Å². The molecule has 0 saturated carbocycles. The maximum Gasteiger partial charge on any atom is 0.435 e. The second-order valence-corrected chi connectivity index (χ2v) is 4.34. The third-order valence-corrected chi connectivity index (χ3v) is 2.07. The molecule has 0 radical (unpaired) electrons. The number of halogens is 2. The number of aliphatic hydroxyl groups is 2. The zero-order chi connectivity index (χ0) is 13.4. The molecule has 0 amide bonds. The highest BCUT2D eigenvalue weighted by Crippen LogP contribution is 2.19. The lowest BCUT2D eigenvalue weighted by Gasteiger charge is -2.31. The summed E-state index contributed by atoms with van der Waals surface area (Å²) in [6.45, 7) is 6.23. The summed E-state index contributed by atoms with van der Waals surface area (Å²) in [4.78, 5) is 0. The third-order valence-electron chi connectivity index (χ3n) is 2.07. The molecule has 0 aliphatic rings. The van der Waals surface area contributed by atoms with Gasteiger partial charge in [0.15, 0.2) is 0 Å². The molecule has 0 aromatic heterocycles. The lowest BCUT2D eigenvalue weighted by Crippen LogP contribution is -2.44. The summed E-state index contributed by atoms with van der Waals surface area (Å²) in [6.07, 6.45) is -2.64. The van der Waals surface area contributed by atoms with Crippen LogP contribution in [0.15, 0.2) is 0 Å². The molecule has 0 heterocycles. The summed E-state index contributed by atoms with van der Waals surface area (Å²) in [5.74, 6) is 0. The SMILES string of the molecule is CC(C)(O)C(C)(C)O.OBOCCC(F)F. The Morgan fingerprint density at radius 1 is 1.12 bits per heavy atom. The van der Waals surface area contributed by atoms with Gasteiger partial charge in [-0.05, 0) is 27.7 Å². The van der Waals surface area contributed by atoms with E-state index in [4.69, 9.17) is 15.2 Å². The van der Waals surface area contributed by atoms with Crippen LogP contribution in [0, 0.1) is 0 Å². The number of rotatable bonds is 5. The first-order valence-electron chi connectivity index (χ1n) is 4.94. The monoisotopic (exact) mass is 242 g/mol. The first-order chi connectivity index (χ1) is 7.02. The Morgan fingerprint density at radius 3 is 1.69 bits per heavy atom. The Hall–Kier alpha value is -0.235. The highest BCUT2D eigenvalue weighted by Gasteiger charge is 2.31. The predicted molar refractivity (Wildman–Crippen MR) is 58.5 cm³/mol. The van der Waals surface area contributed by atoms with Gasteiger partial charge < -0.3 is 19.9 Å². The number of alkyl halides is 2. The van der Waals surface area contributed by atoms with Gasteiger partial charge in [0, 0.05) is 13.0 Å². The third kappa shape index (κ3) is 11.8. The minimum absolute atomic E-state index is 0.0752. The van der Waals surface area contributed by atoms with Gasteiger partial charge in [-0.15, -0.1) is 0 Å². The Balaban J connectivity index is 0. The van der Waals surface area contributed by atoms with Gasteiger partial charge in [0.1, 0.15) is 0 Å². The molecule has 3 N–H and O–H groups in total. The van der Waals surface area contributed by atoms with Crippen molar-refractivity contribution in [2.45, 2.75) is 51.7 Å². The van der Waals surface area contributed by atoms with Crippen molar-refractivity contribution in [2.24, 2.45) is 0 Å². The Bertz CT molecular complexity index is 154. The molecule has 0 saturated heterocycles. The highest BCUT2D eigenvalue weighted by molar-refractivity contribution is 6.15. The maximum atomic E-state index is 11.2. The first kappa shape index (κ1) is 18.1. The average molecular weight is 242 g/mol. The molecule has 0 aromatic rings. The molecule has 0 unspecified atom stereocenters. The van der Waals surface area contributed by atoms with Crippen molar-refractivity contribution in [3.63, 3.8) is 0 Å². The van der Waals surface area contributed by atoms with Gasteiger partial charge in [-0.1, -0.05) is 0 Å². The van der Waals surface area contributed by atoms with E-state index in [1.165, 1.54) is 0 Å². The van der Waals surface area contributed by atoms with E-state index in [1.807, 2.05) is 0 Å². The van der Waals surface area contributed by atoms with E-state index in [2.05, 4.69) is 4.65 Å². The quantitative estimate of drug-likeness (QED) is 0.483. The van der Waals surface area contributed by atoms with E-state index in [1.54, 1.807) is 27.7 Å². The van der Waals surface area contributed by atoms with Crippen molar-refractivity contribution < 1.29 is 28.7 Å². The largest absolute Gasteiger partial charge is 0.435 e. The molecule has 4 nitrogen and oxygen atoms in total. The summed E-state index contributed by atoms with van der Waals surface area (Å²) in [6, 6.07) is 0. The first-order valence-corrected chi connectivity index (χ1v) is 4.94. The van der Waals surface area contributed by atoms with Crippen LogP contribution in [0.5, 0.6) is 0 Å². The van der Waals surface area contributed by atoms with Crippen LogP contribution in [0.4, 0.5) is 8.78 Å². The molecule has 7 heteroatoms. The molecule has 0 atom stereocenters. The lowest BCUT2D eigenvalue weighted by molar-refractivity contribution is -0.107. The zero-order valence-corrected chi connectivity index (χ0v) is 10.2. The lowest BCUT2D eigenvalue weighted by atomic mass is 9.90. The summed E-state index contributed by atoms with van der Waals surface area (Å²) in [5, 5.41) is 26.1. The van der Waals surface area contributed by atoms with E-state index in [-0.39, 0.29) is 13.0 Å². The molecule has 0 fully saturated rings. The van der Waals surface area contributed by atoms with Crippen LogP contribution >= 0.6 is 0 Å². The summed E-state index contributed by atoms with van der Waals surface area (Å²) < 4.78 is 26.6. The molecule has 0 rings (SSSR count). The molecular formula is C9H21BF2O4. The standard InChI is InChI=1S/C6H14O2.C3H7BF2O2/c1-5(2,7)6(3,4)8;5-3(6)1-2-8-4-7/h7-8H,1-4H3;3-4,7H,1-2H2. The molecule has 0 bridgehead atoms. The number of hydrogen-bond acceptors (Lipinski definition) is 4. The smallest absolute Gasteiger partial charge is 0.430 e. The van der Waals surface area contributed by atoms with Gasteiger partial charge >= 0.3 is 7.69 Å². The van der Waals surface area contributed by atoms with Crippen LogP contribution < -0.4 is 0 Å². The molecule has 0 aliphatic heterocycles. The minimum atomic E-state index is -2.33. The van der Waals surface area contributed by atoms with Gasteiger partial charge in [0.05, 0.1) is 11.2 Å². The second-order valence-electron chi connectivity index (χ2n) is 4.34. The van der Waals surface area contributed by atoms with Gasteiger partial charge in [-0.2, -0.15) is 0 Å². The van der Waals surface area contributed by atoms with Crippen molar-refractivity contribution in [3.8, 4) is 0 Å². The zero-order valence-electron chi connectivity index (χ0n) is 10.2. The van der Waals surface area contributed by atoms with Gasteiger partial charge in [0.25, 0.3) is 0 Å². The van der Waals surface area contributed by atoms with E-state index in [0.717, 1.165) is 0 Å². The van der Waals surface area contributed by atoms with Crippen LogP contribution in [-0.4, -0.2) is 47.2 Å². The van der Waals surface area contributed by atoms with Gasteiger partial charge in [-0.25, -0.2) is 8.78 Å². The highest BCUT2D eigenvalue weighted by atomic mass is 19.3. The molecular weight excluding hydrogens is 221 g/mol. The van der Waals surface area contributed by atoms with Crippen LogP contribution in [0.2, 0.25) is 0 Å². The van der Waals surface area contributed by atoms with Crippen LogP contribution in [0.25, 0.3) is 0 Å². The predicted octanol–water partition coefficient (Wildman–Crippen LogP) is 0.445. The summed E-state index contributed by atoms with van der Waals surface area (Å²) >= 11 is 0. The topological polar surface area (TPSA) is 69.9 Å². The minimum Gasteiger partial charge on any atom is -0.430 e. The van der Waals surface area contributed by atoms with E-state index in [9.17, 15) is 8.78 Å². The summed E-state index contributed by atoms with van der Waals surface area (Å²) in [7, 11) is -0.479. The Morgan fingerprint density at radius 2 is 1.50 bits per heavy atom. The fraction of sp³-hybridized carbons (Fsp3) is 1.00. The van der Waals surface area contributed by atoms with Crippen molar-refractivity contribution in [1.29, 1.82) is 0 Å². The molecule has 0 spiro atoms. The fourth-order valence-electron chi connectivity index (χ4n) is 0.237. The average Bonchev–Trinajstić information content (AvgIpc) is 2.01. The van der Waals surface area contributed by atoms with E-state index >= 15 is 0 Å². The van der Waals surface area contributed by atoms with Crippen molar-refractivity contribution in [3.05, 3.63) is 0 Å². The van der Waals surface area contributed by atoms with Gasteiger partial charge in [0.2, 0.25) is 6.43 Å². The fourth-order valence-corrected chi connectivity index (χ4v) is 0.237. The molecule has 0 aliphatic carbocycles. The van der Waals surface area contributed by atoms with E-state index in [0.29, 0.717) is 0 Å². The normalized spacial score (nSPS) is 12.1. The van der Waals surface area contributed by atoms with Gasteiger partial charge in [-0.3, -0.25) is 0 Å². The van der Waals surface area contributed by atoms with Crippen LogP contribution in [0.1, 0.15) is 34.1 Å². The van der Waals surface area contributed by atoms with Crippen molar-refractivity contribution in [2.75, 3.05) is 6.61 Å². The Kier molecular flexibility index (Phi) is 9.01.